The normalized spacial score (nSPS) is 18.1. The molecule has 1 amide bonds. The standard InChI is InChI=1S/C15H17FN4O4S/c1-25(22,23)17-8-13-18-15(24-19-13)12-6-7-14(21)20(12)9-10-4-2-3-5-11(10)16/h2-5,12,17H,6-9H2,1H3/t12-/m0/s1. The van der Waals surface area contributed by atoms with E-state index in [1.165, 1.54) is 11.0 Å². The molecule has 2 aromatic rings. The molecule has 25 heavy (non-hydrogen) atoms. The van der Waals surface area contributed by atoms with E-state index >= 15 is 0 Å². The molecule has 134 valence electrons. The van der Waals surface area contributed by atoms with E-state index in [4.69, 9.17) is 4.52 Å². The van der Waals surface area contributed by atoms with E-state index in [0.29, 0.717) is 18.4 Å². The molecule has 2 heterocycles. The molecule has 0 aliphatic carbocycles. The summed E-state index contributed by atoms with van der Waals surface area (Å²) in [6.45, 7) is 0.00574. The zero-order chi connectivity index (χ0) is 18.0. The highest BCUT2D eigenvalue weighted by molar-refractivity contribution is 7.88. The monoisotopic (exact) mass is 368 g/mol. The lowest BCUT2D eigenvalue weighted by Gasteiger charge is -2.22. The number of hydrogen-bond acceptors (Lipinski definition) is 6. The van der Waals surface area contributed by atoms with Crippen LogP contribution in [0.15, 0.2) is 28.8 Å². The van der Waals surface area contributed by atoms with Crippen LogP contribution in [0.3, 0.4) is 0 Å². The Morgan fingerprint density at radius 1 is 1.40 bits per heavy atom. The maximum atomic E-state index is 13.9. The lowest BCUT2D eigenvalue weighted by atomic mass is 10.1. The molecular weight excluding hydrogens is 351 g/mol. The maximum absolute atomic E-state index is 13.9. The van der Waals surface area contributed by atoms with Crippen molar-refractivity contribution in [2.45, 2.75) is 32.0 Å². The van der Waals surface area contributed by atoms with Crippen LogP contribution < -0.4 is 4.72 Å². The molecule has 0 saturated carbocycles. The first-order valence-electron chi connectivity index (χ1n) is 7.63. The van der Waals surface area contributed by atoms with Crippen molar-refractivity contribution >= 4 is 15.9 Å². The number of halogens is 1. The van der Waals surface area contributed by atoms with Crippen LogP contribution in [0.1, 0.15) is 36.2 Å². The largest absolute Gasteiger partial charge is 0.337 e. The quantitative estimate of drug-likeness (QED) is 0.819. The summed E-state index contributed by atoms with van der Waals surface area (Å²) in [4.78, 5) is 17.8. The molecule has 1 aromatic heterocycles. The van der Waals surface area contributed by atoms with Gasteiger partial charge in [0, 0.05) is 18.5 Å². The number of carbonyl (C=O) groups is 1. The average Bonchev–Trinajstić information content (AvgIpc) is 3.14. The average molecular weight is 368 g/mol. The molecule has 1 fully saturated rings. The number of nitrogens with zero attached hydrogens (tertiary/aromatic N) is 3. The minimum atomic E-state index is -3.37. The van der Waals surface area contributed by atoms with Crippen LogP contribution >= 0.6 is 0 Å². The number of rotatable bonds is 6. The summed E-state index contributed by atoms with van der Waals surface area (Å²) in [6.07, 6.45) is 1.81. The minimum Gasteiger partial charge on any atom is -0.337 e. The number of likely N-dealkylation sites (tertiary alicyclic amines) is 1. The van der Waals surface area contributed by atoms with Gasteiger partial charge in [0.25, 0.3) is 0 Å². The zero-order valence-corrected chi connectivity index (χ0v) is 14.3. The minimum absolute atomic E-state index is 0.101. The summed E-state index contributed by atoms with van der Waals surface area (Å²) < 4.78 is 43.5. The van der Waals surface area contributed by atoms with Gasteiger partial charge >= 0.3 is 0 Å². The molecule has 1 aromatic carbocycles. The van der Waals surface area contributed by atoms with E-state index in [0.717, 1.165) is 6.26 Å². The third-order valence-electron chi connectivity index (χ3n) is 3.89. The third-order valence-corrected chi connectivity index (χ3v) is 4.56. The summed E-state index contributed by atoms with van der Waals surface area (Å²) in [5, 5.41) is 3.72. The Hall–Kier alpha value is -2.33. The molecular formula is C15H17FN4O4S. The highest BCUT2D eigenvalue weighted by Crippen LogP contribution is 2.33. The summed E-state index contributed by atoms with van der Waals surface area (Å²) in [5.74, 6) is -0.120. The Kier molecular flexibility index (Phi) is 4.82. The highest BCUT2D eigenvalue weighted by Gasteiger charge is 2.36. The van der Waals surface area contributed by atoms with E-state index in [9.17, 15) is 17.6 Å². The Labute approximate surface area is 144 Å². The molecule has 1 N–H and O–H groups in total. The summed E-state index contributed by atoms with van der Waals surface area (Å²) >= 11 is 0. The Morgan fingerprint density at radius 2 is 2.16 bits per heavy atom. The molecule has 1 aliphatic rings. The number of benzene rings is 1. The fraction of sp³-hybridized carbons (Fsp3) is 0.400. The van der Waals surface area contributed by atoms with Crippen LogP contribution in [0.5, 0.6) is 0 Å². The second-order valence-corrected chi connectivity index (χ2v) is 7.64. The van der Waals surface area contributed by atoms with Crippen molar-refractivity contribution in [2.75, 3.05) is 6.26 Å². The molecule has 0 unspecified atom stereocenters. The van der Waals surface area contributed by atoms with Crippen molar-refractivity contribution in [1.82, 2.24) is 19.8 Å². The van der Waals surface area contributed by atoms with Crippen LogP contribution in [0.4, 0.5) is 4.39 Å². The Balaban J connectivity index is 1.76. The van der Waals surface area contributed by atoms with Gasteiger partial charge in [-0.05, 0) is 12.5 Å². The molecule has 0 spiro atoms. The lowest BCUT2D eigenvalue weighted by molar-refractivity contribution is -0.130. The van der Waals surface area contributed by atoms with Gasteiger partial charge < -0.3 is 9.42 Å². The number of amides is 1. The van der Waals surface area contributed by atoms with Crippen molar-refractivity contribution < 1.29 is 22.1 Å². The van der Waals surface area contributed by atoms with Crippen molar-refractivity contribution in [3.63, 3.8) is 0 Å². The number of nitrogens with one attached hydrogen (secondary N) is 1. The molecule has 1 saturated heterocycles. The summed E-state index contributed by atoms with van der Waals surface area (Å²) in [5.41, 5.74) is 0.404. The predicted molar refractivity (Wildman–Crippen MR) is 84.9 cm³/mol. The zero-order valence-electron chi connectivity index (χ0n) is 13.5. The molecule has 1 atom stereocenters. The third kappa shape index (κ3) is 4.20. The van der Waals surface area contributed by atoms with Gasteiger partial charge in [-0.2, -0.15) is 4.98 Å². The molecule has 10 heteroatoms. The van der Waals surface area contributed by atoms with Crippen molar-refractivity contribution in [3.8, 4) is 0 Å². The first-order chi connectivity index (χ1) is 11.8. The van der Waals surface area contributed by atoms with Gasteiger partial charge in [0.1, 0.15) is 11.9 Å². The number of carbonyl (C=O) groups excluding carboxylic acids is 1. The molecule has 1 aliphatic heterocycles. The van der Waals surface area contributed by atoms with Gasteiger partial charge in [0.05, 0.1) is 12.8 Å². The van der Waals surface area contributed by atoms with E-state index in [2.05, 4.69) is 14.9 Å². The van der Waals surface area contributed by atoms with Crippen LogP contribution in [0.25, 0.3) is 0 Å². The fourth-order valence-corrected chi connectivity index (χ4v) is 3.06. The molecule has 8 nitrogen and oxygen atoms in total. The first kappa shape index (κ1) is 17.5. The van der Waals surface area contributed by atoms with Crippen LogP contribution in [-0.4, -0.2) is 35.6 Å². The van der Waals surface area contributed by atoms with Crippen LogP contribution in [0.2, 0.25) is 0 Å². The lowest BCUT2D eigenvalue weighted by Crippen LogP contribution is -2.28. The summed E-state index contributed by atoms with van der Waals surface area (Å²) in [6, 6.07) is 5.79. The van der Waals surface area contributed by atoms with E-state index in [1.807, 2.05) is 0 Å². The van der Waals surface area contributed by atoms with E-state index in [-0.39, 0.29) is 36.5 Å². The van der Waals surface area contributed by atoms with Gasteiger partial charge in [-0.15, -0.1) is 0 Å². The van der Waals surface area contributed by atoms with Gasteiger partial charge in [0.2, 0.25) is 21.8 Å². The Morgan fingerprint density at radius 3 is 2.88 bits per heavy atom. The van der Waals surface area contributed by atoms with Crippen molar-refractivity contribution in [1.29, 1.82) is 0 Å². The molecule has 0 radical (unpaired) electrons. The molecule has 0 bridgehead atoms. The van der Waals surface area contributed by atoms with Crippen molar-refractivity contribution in [2.24, 2.45) is 0 Å². The highest BCUT2D eigenvalue weighted by atomic mass is 32.2. The Bertz CT molecular complexity index is 883. The smallest absolute Gasteiger partial charge is 0.249 e. The van der Waals surface area contributed by atoms with Crippen LogP contribution in [0, 0.1) is 5.82 Å². The second-order valence-electron chi connectivity index (χ2n) is 5.81. The number of aromatic nitrogens is 2. The predicted octanol–water partition coefficient (Wildman–Crippen LogP) is 1.12. The SMILES string of the molecule is CS(=O)(=O)NCc1noc([C@@H]2CCC(=O)N2Cc2ccccc2F)n1. The van der Waals surface area contributed by atoms with Crippen molar-refractivity contribution in [3.05, 3.63) is 47.4 Å². The first-order valence-corrected chi connectivity index (χ1v) is 9.52. The van der Waals surface area contributed by atoms with Gasteiger partial charge in [-0.3, -0.25) is 4.79 Å². The number of hydrogen-bond donors (Lipinski definition) is 1. The maximum Gasteiger partial charge on any atom is 0.249 e. The number of sulfonamides is 1. The fourth-order valence-electron chi connectivity index (χ4n) is 2.67. The molecule has 3 rings (SSSR count). The van der Waals surface area contributed by atoms with Gasteiger partial charge in [-0.25, -0.2) is 17.5 Å². The van der Waals surface area contributed by atoms with Crippen LogP contribution in [-0.2, 0) is 27.9 Å². The summed E-state index contributed by atoms with van der Waals surface area (Å²) in [7, 11) is -3.37. The second kappa shape index (κ2) is 6.89. The van der Waals surface area contributed by atoms with E-state index < -0.39 is 16.1 Å². The van der Waals surface area contributed by atoms with Gasteiger partial charge in [-0.1, -0.05) is 23.4 Å². The van der Waals surface area contributed by atoms with Gasteiger partial charge in [0.15, 0.2) is 5.82 Å². The van der Waals surface area contributed by atoms with E-state index in [1.54, 1.807) is 18.2 Å². The topological polar surface area (TPSA) is 105 Å².